The van der Waals surface area contributed by atoms with E-state index in [0.29, 0.717) is 41.1 Å². The number of nitrogens with zero attached hydrogens (tertiary/aromatic N) is 1. The number of allylic oxidation sites excluding steroid dienone is 1. The van der Waals surface area contributed by atoms with Crippen LogP contribution in [0, 0.1) is 12.7 Å². The molecule has 4 nitrogen and oxygen atoms in total. The number of hydrogen-bond donors (Lipinski definition) is 1. The first-order chi connectivity index (χ1) is 14.4. The number of Topliss-reactive ketones (excluding diaryl/α,β-unsaturated/α-hetero) is 1. The maximum absolute atomic E-state index is 13.2. The Morgan fingerprint density at radius 2 is 1.77 bits per heavy atom. The molecule has 3 aromatic carbocycles. The Kier molecular flexibility index (Phi) is 5.38. The summed E-state index contributed by atoms with van der Waals surface area (Å²) in [6, 6.07) is 17.5. The summed E-state index contributed by atoms with van der Waals surface area (Å²) in [6.45, 7) is 2.88. The number of ketones is 1. The van der Waals surface area contributed by atoms with E-state index < -0.39 is 0 Å². The summed E-state index contributed by atoms with van der Waals surface area (Å²) in [4.78, 5) is 15.0. The van der Waals surface area contributed by atoms with E-state index in [0.717, 1.165) is 5.56 Å². The molecule has 0 saturated carbocycles. The normalized spacial score (nSPS) is 14.3. The number of benzene rings is 3. The summed E-state index contributed by atoms with van der Waals surface area (Å²) in [7, 11) is 1.95. The van der Waals surface area contributed by atoms with Crippen molar-refractivity contribution in [3.05, 3.63) is 100 Å². The summed E-state index contributed by atoms with van der Waals surface area (Å²) in [5.41, 5.74) is 3.51. The van der Waals surface area contributed by atoms with Gasteiger partial charge in [-0.1, -0.05) is 42.5 Å². The molecule has 0 fully saturated rings. The summed E-state index contributed by atoms with van der Waals surface area (Å²) in [6.07, 6.45) is 1.59. The smallest absolute Gasteiger partial charge is 0.232 e. The van der Waals surface area contributed by atoms with Crippen LogP contribution in [0.1, 0.15) is 32.6 Å². The average molecular weight is 403 g/mol. The molecule has 152 valence electrons. The van der Waals surface area contributed by atoms with E-state index >= 15 is 0 Å². The summed E-state index contributed by atoms with van der Waals surface area (Å²) >= 11 is 0. The van der Waals surface area contributed by atoms with E-state index in [2.05, 4.69) is 4.90 Å². The Morgan fingerprint density at radius 3 is 2.47 bits per heavy atom. The van der Waals surface area contributed by atoms with Crippen LogP contribution in [0.5, 0.6) is 11.5 Å². The number of ether oxygens (including phenoxy) is 1. The van der Waals surface area contributed by atoms with Crippen molar-refractivity contribution in [1.82, 2.24) is 4.90 Å². The van der Waals surface area contributed by atoms with Gasteiger partial charge in [0.2, 0.25) is 5.78 Å². The molecule has 0 atom stereocenters. The predicted octanol–water partition coefficient (Wildman–Crippen LogP) is 5.09. The third-order valence-electron chi connectivity index (χ3n) is 5.11. The molecule has 0 unspecified atom stereocenters. The molecule has 1 heterocycles. The number of phenolic OH excluding ortho intramolecular Hbond substituents is 1. The maximum Gasteiger partial charge on any atom is 0.232 e. The molecule has 0 radical (unpaired) electrons. The molecule has 5 heteroatoms. The summed E-state index contributed by atoms with van der Waals surface area (Å²) in [5.74, 6) is 0.0763. The molecule has 0 aliphatic carbocycles. The van der Waals surface area contributed by atoms with E-state index in [1.54, 1.807) is 31.2 Å². The average Bonchev–Trinajstić information content (AvgIpc) is 3.04. The molecule has 0 bridgehead atoms. The molecule has 1 aliphatic rings. The first-order valence-electron chi connectivity index (χ1n) is 9.70. The van der Waals surface area contributed by atoms with Gasteiger partial charge in [0.1, 0.15) is 17.3 Å². The lowest BCUT2D eigenvalue weighted by atomic mass is 9.99. The van der Waals surface area contributed by atoms with Gasteiger partial charge in [-0.25, -0.2) is 4.39 Å². The molecule has 1 aliphatic heterocycles. The van der Waals surface area contributed by atoms with Crippen molar-refractivity contribution < 1.29 is 19.0 Å². The van der Waals surface area contributed by atoms with Crippen LogP contribution in [0.2, 0.25) is 0 Å². The highest BCUT2D eigenvalue weighted by Gasteiger charge is 2.33. The second-order valence-corrected chi connectivity index (χ2v) is 7.54. The number of rotatable bonds is 5. The SMILES string of the molecule is Cc1cc(O)c(CN(C)Cc2ccccc2)c2c1C(=O)/C(=C/c1ccc(F)cc1)O2. The minimum Gasteiger partial charge on any atom is -0.507 e. The molecule has 0 spiro atoms. The molecule has 4 rings (SSSR count). The largest absolute Gasteiger partial charge is 0.507 e. The number of carbonyl (C=O) groups is 1. The predicted molar refractivity (Wildman–Crippen MR) is 114 cm³/mol. The van der Waals surface area contributed by atoms with Gasteiger partial charge in [0.15, 0.2) is 5.76 Å². The van der Waals surface area contributed by atoms with Crippen LogP contribution < -0.4 is 4.74 Å². The van der Waals surface area contributed by atoms with Crippen molar-refractivity contribution in [3.8, 4) is 11.5 Å². The van der Waals surface area contributed by atoms with E-state index in [4.69, 9.17) is 4.74 Å². The molecule has 3 aromatic rings. The van der Waals surface area contributed by atoms with Gasteiger partial charge in [0.25, 0.3) is 0 Å². The number of aromatic hydroxyl groups is 1. The lowest BCUT2D eigenvalue weighted by molar-refractivity contribution is 0.101. The molecular formula is C25H22FNO3. The van der Waals surface area contributed by atoms with Gasteiger partial charge in [-0.2, -0.15) is 0 Å². The van der Waals surface area contributed by atoms with Crippen LogP contribution in [-0.4, -0.2) is 22.8 Å². The number of aryl methyl sites for hydroxylation is 1. The Labute approximate surface area is 174 Å². The second-order valence-electron chi connectivity index (χ2n) is 7.54. The van der Waals surface area contributed by atoms with Gasteiger partial charge in [-0.05, 0) is 54.9 Å². The van der Waals surface area contributed by atoms with Crippen molar-refractivity contribution >= 4 is 11.9 Å². The van der Waals surface area contributed by atoms with Gasteiger partial charge < -0.3 is 9.84 Å². The third-order valence-corrected chi connectivity index (χ3v) is 5.11. The lowest BCUT2D eigenvalue weighted by Gasteiger charge is -2.19. The zero-order chi connectivity index (χ0) is 21.3. The van der Waals surface area contributed by atoms with Gasteiger partial charge in [-0.15, -0.1) is 0 Å². The minimum absolute atomic E-state index is 0.0991. The first-order valence-corrected chi connectivity index (χ1v) is 9.70. The highest BCUT2D eigenvalue weighted by atomic mass is 19.1. The van der Waals surface area contributed by atoms with E-state index in [1.165, 1.54) is 12.1 Å². The van der Waals surface area contributed by atoms with Crippen LogP contribution in [0.25, 0.3) is 6.08 Å². The maximum atomic E-state index is 13.2. The molecule has 0 saturated heterocycles. The number of hydrogen-bond acceptors (Lipinski definition) is 4. The lowest BCUT2D eigenvalue weighted by Crippen LogP contribution is -2.17. The standard InChI is InChI=1S/C25H22FNO3/c1-16-12-21(28)20(15-27(2)14-18-6-4-3-5-7-18)25-23(16)24(29)22(30-25)13-17-8-10-19(26)11-9-17/h3-13,28H,14-15H2,1-2H3/b22-13-. The highest BCUT2D eigenvalue weighted by Crippen LogP contribution is 2.42. The van der Waals surface area contributed by atoms with Crippen molar-refractivity contribution in [2.24, 2.45) is 0 Å². The Hall–Kier alpha value is -3.44. The monoisotopic (exact) mass is 403 g/mol. The quantitative estimate of drug-likeness (QED) is 0.603. The second kappa shape index (κ2) is 8.13. The van der Waals surface area contributed by atoms with Crippen molar-refractivity contribution in [2.75, 3.05) is 7.05 Å². The fourth-order valence-electron chi connectivity index (χ4n) is 3.66. The fraction of sp³-hybridized carbons (Fsp3) is 0.160. The van der Waals surface area contributed by atoms with Crippen LogP contribution in [0.15, 0.2) is 66.4 Å². The van der Waals surface area contributed by atoms with Crippen LogP contribution in [-0.2, 0) is 13.1 Å². The van der Waals surface area contributed by atoms with Gasteiger partial charge >= 0.3 is 0 Å². The van der Waals surface area contributed by atoms with Crippen molar-refractivity contribution in [3.63, 3.8) is 0 Å². The highest BCUT2D eigenvalue weighted by molar-refractivity contribution is 6.15. The first kappa shape index (κ1) is 19.9. The van der Waals surface area contributed by atoms with Crippen molar-refractivity contribution in [2.45, 2.75) is 20.0 Å². The van der Waals surface area contributed by atoms with Crippen molar-refractivity contribution in [1.29, 1.82) is 0 Å². The van der Waals surface area contributed by atoms with Crippen LogP contribution in [0.3, 0.4) is 0 Å². The van der Waals surface area contributed by atoms with Gasteiger partial charge in [0, 0.05) is 13.1 Å². The zero-order valence-corrected chi connectivity index (χ0v) is 16.9. The minimum atomic E-state index is -0.344. The van der Waals surface area contributed by atoms with E-state index in [-0.39, 0.29) is 23.1 Å². The Bertz CT molecular complexity index is 1120. The van der Waals surface area contributed by atoms with Gasteiger partial charge in [-0.3, -0.25) is 9.69 Å². The summed E-state index contributed by atoms with van der Waals surface area (Å²) in [5, 5.41) is 10.6. The third kappa shape index (κ3) is 3.98. The van der Waals surface area contributed by atoms with Gasteiger partial charge in [0.05, 0.1) is 11.1 Å². The van der Waals surface area contributed by atoms with E-state index in [9.17, 15) is 14.3 Å². The van der Waals surface area contributed by atoms with Crippen LogP contribution in [0.4, 0.5) is 4.39 Å². The molecule has 0 amide bonds. The number of carbonyl (C=O) groups excluding carboxylic acids is 1. The topological polar surface area (TPSA) is 49.8 Å². The Balaban J connectivity index is 1.64. The van der Waals surface area contributed by atoms with E-state index in [1.807, 2.05) is 37.4 Å². The number of halogens is 1. The van der Waals surface area contributed by atoms with Crippen LogP contribution >= 0.6 is 0 Å². The molecule has 0 aromatic heterocycles. The molecule has 1 N–H and O–H groups in total. The molecular weight excluding hydrogens is 381 g/mol. The zero-order valence-electron chi connectivity index (χ0n) is 16.9. The molecule has 30 heavy (non-hydrogen) atoms. The fourth-order valence-corrected chi connectivity index (χ4v) is 3.66. The summed E-state index contributed by atoms with van der Waals surface area (Å²) < 4.78 is 19.1. The number of fused-ring (bicyclic) bond motifs is 1. The Morgan fingerprint density at radius 1 is 1.07 bits per heavy atom. The number of phenols is 1.